The molecule has 1 aromatic carbocycles. The predicted octanol–water partition coefficient (Wildman–Crippen LogP) is 1.95. The monoisotopic (exact) mass is 216 g/mol. The molecular weight excluding hydrogens is 200 g/mol. The molecule has 0 radical (unpaired) electrons. The van der Waals surface area contributed by atoms with Crippen LogP contribution in [0.4, 0.5) is 11.4 Å². The quantitative estimate of drug-likeness (QED) is 0.684. The van der Waals surface area contributed by atoms with E-state index in [1.807, 2.05) is 18.3 Å². The molecule has 0 fully saturated rings. The van der Waals surface area contributed by atoms with Crippen LogP contribution < -0.4 is 11.1 Å². The minimum Gasteiger partial charge on any atom is -0.397 e. The molecule has 0 spiro atoms. The molecule has 1 aromatic heterocycles. The van der Waals surface area contributed by atoms with Crippen LogP contribution in [0.1, 0.15) is 11.3 Å². The van der Waals surface area contributed by atoms with Crippen LogP contribution >= 0.6 is 0 Å². The lowest BCUT2D eigenvalue weighted by molar-refractivity contribution is 0.975. The Morgan fingerprint density at radius 1 is 1.44 bits per heavy atom. The molecule has 0 unspecified atom stereocenters. The highest BCUT2D eigenvalue weighted by Gasteiger charge is 2.01. The second-order valence-corrected chi connectivity index (χ2v) is 3.79. The molecule has 4 N–H and O–H groups in total. The summed E-state index contributed by atoms with van der Waals surface area (Å²) in [5.41, 5.74) is 10.0. The van der Waals surface area contributed by atoms with Crippen molar-refractivity contribution in [2.75, 3.05) is 17.6 Å². The smallest absolute Gasteiger partial charge is 0.0921 e. The zero-order valence-electron chi connectivity index (χ0n) is 9.33. The van der Waals surface area contributed by atoms with Crippen molar-refractivity contribution in [3.8, 4) is 0 Å². The first-order valence-electron chi connectivity index (χ1n) is 5.33. The lowest BCUT2D eigenvalue weighted by atomic mass is 10.1. The first-order valence-corrected chi connectivity index (χ1v) is 5.33. The molecule has 1 heterocycles. The van der Waals surface area contributed by atoms with Crippen molar-refractivity contribution >= 4 is 11.4 Å². The second kappa shape index (κ2) is 4.70. The summed E-state index contributed by atoms with van der Waals surface area (Å²) in [7, 11) is 0. The van der Waals surface area contributed by atoms with Gasteiger partial charge in [0.05, 0.1) is 17.7 Å². The Kier molecular flexibility index (Phi) is 3.10. The average molecular weight is 216 g/mol. The normalized spacial score (nSPS) is 10.3. The fourth-order valence-corrected chi connectivity index (χ4v) is 1.68. The Morgan fingerprint density at radius 2 is 2.31 bits per heavy atom. The number of imidazole rings is 1. The van der Waals surface area contributed by atoms with Crippen LogP contribution in [0.25, 0.3) is 0 Å². The molecule has 2 aromatic rings. The molecule has 4 heteroatoms. The maximum absolute atomic E-state index is 5.90. The van der Waals surface area contributed by atoms with Crippen molar-refractivity contribution < 1.29 is 0 Å². The van der Waals surface area contributed by atoms with Crippen LogP contribution in [0.15, 0.2) is 30.7 Å². The molecule has 2 rings (SSSR count). The van der Waals surface area contributed by atoms with Crippen molar-refractivity contribution in [3.63, 3.8) is 0 Å². The van der Waals surface area contributed by atoms with Gasteiger partial charge >= 0.3 is 0 Å². The van der Waals surface area contributed by atoms with Gasteiger partial charge in [0.1, 0.15) is 0 Å². The number of para-hydroxylation sites is 1. The van der Waals surface area contributed by atoms with Crippen LogP contribution in [0.2, 0.25) is 0 Å². The summed E-state index contributed by atoms with van der Waals surface area (Å²) in [5.74, 6) is 0. The number of H-pyrrole nitrogens is 1. The van der Waals surface area contributed by atoms with E-state index in [1.54, 1.807) is 6.33 Å². The van der Waals surface area contributed by atoms with Crippen LogP contribution in [-0.4, -0.2) is 16.5 Å². The minimum absolute atomic E-state index is 0.796. The fourth-order valence-electron chi connectivity index (χ4n) is 1.68. The van der Waals surface area contributed by atoms with Gasteiger partial charge in [-0.1, -0.05) is 12.1 Å². The van der Waals surface area contributed by atoms with Gasteiger partial charge in [-0.3, -0.25) is 0 Å². The standard InChI is InChI=1S/C12H16N4/c1-9-3-2-4-11(13)12(9)15-6-5-10-7-14-8-16-10/h2-4,7-8,15H,5-6,13H2,1H3,(H,14,16). The summed E-state index contributed by atoms with van der Waals surface area (Å²) in [6.45, 7) is 2.89. The minimum atomic E-state index is 0.796. The third-order valence-electron chi connectivity index (χ3n) is 2.56. The van der Waals surface area contributed by atoms with E-state index in [0.717, 1.165) is 30.0 Å². The highest BCUT2D eigenvalue weighted by molar-refractivity contribution is 5.69. The molecule has 16 heavy (non-hydrogen) atoms. The highest BCUT2D eigenvalue weighted by atomic mass is 14.9. The van der Waals surface area contributed by atoms with E-state index in [4.69, 9.17) is 5.73 Å². The molecule has 4 nitrogen and oxygen atoms in total. The van der Waals surface area contributed by atoms with Crippen LogP contribution in [0.3, 0.4) is 0 Å². The highest BCUT2D eigenvalue weighted by Crippen LogP contribution is 2.22. The van der Waals surface area contributed by atoms with Crippen LogP contribution in [0.5, 0.6) is 0 Å². The number of nitrogens with zero attached hydrogens (tertiary/aromatic N) is 1. The number of aromatic nitrogens is 2. The van der Waals surface area contributed by atoms with E-state index in [9.17, 15) is 0 Å². The average Bonchev–Trinajstić information content (AvgIpc) is 2.75. The van der Waals surface area contributed by atoms with Gasteiger partial charge in [-0.25, -0.2) is 4.98 Å². The Balaban J connectivity index is 1.95. The number of aromatic amines is 1. The second-order valence-electron chi connectivity index (χ2n) is 3.79. The van der Waals surface area contributed by atoms with Gasteiger partial charge in [-0.05, 0) is 18.6 Å². The van der Waals surface area contributed by atoms with Gasteiger partial charge in [0, 0.05) is 24.9 Å². The van der Waals surface area contributed by atoms with E-state index in [1.165, 1.54) is 5.56 Å². The number of aryl methyl sites for hydroxylation is 1. The van der Waals surface area contributed by atoms with E-state index < -0.39 is 0 Å². The molecule has 0 aliphatic heterocycles. The van der Waals surface area contributed by atoms with E-state index in [-0.39, 0.29) is 0 Å². The van der Waals surface area contributed by atoms with Crippen molar-refractivity contribution in [1.82, 2.24) is 9.97 Å². The summed E-state index contributed by atoms with van der Waals surface area (Å²) in [5, 5.41) is 3.35. The van der Waals surface area contributed by atoms with E-state index >= 15 is 0 Å². The number of rotatable bonds is 4. The Morgan fingerprint density at radius 3 is 3.00 bits per heavy atom. The Labute approximate surface area is 94.9 Å². The fraction of sp³-hybridized carbons (Fsp3) is 0.250. The summed E-state index contributed by atoms with van der Waals surface area (Å²) in [4.78, 5) is 7.05. The lowest BCUT2D eigenvalue weighted by Gasteiger charge is -2.11. The molecule has 0 bridgehead atoms. The van der Waals surface area contributed by atoms with Gasteiger partial charge < -0.3 is 16.0 Å². The summed E-state index contributed by atoms with van der Waals surface area (Å²) in [6.07, 6.45) is 4.44. The van der Waals surface area contributed by atoms with E-state index in [2.05, 4.69) is 28.3 Å². The lowest BCUT2D eigenvalue weighted by Crippen LogP contribution is -2.08. The maximum atomic E-state index is 5.90. The summed E-state index contributed by atoms with van der Waals surface area (Å²) in [6, 6.07) is 5.92. The number of benzene rings is 1. The molecule has 0 aliphatic carbocycles. The van der Waals surface area contributed by atoms with Crippen molar-refractivity contribution in [2.45, 2.75) is 13.3 Å². The first-order chi connectivity index (χ1) is 7.77. The Bertz CT molecular complexity index is 428. The number of nitrogen functional groups attached to an aromatic ring is 1. The molecule has 0 atom stereocenters. The summed E-state index contributed by atoms with van der Waals surface area (Å²) >= 11 is 0. The molecule has 84 valence electrons. The number of anilines is 2. The van der Waals surface area contributed by atoms with Crippen molar-refractivity contribution in [1.29, 1.82) is 0 Å². The number of nitrogens with two attached hydrogens (primary N) is 1. The largest absolute Gasteiger partial charge is 0.397 e. The zero-order chi connectivity index (χ0) is 11.4. The van der Waals surface area contributed by atoms with E-state index in [0.29, 0.717) is 0 Å². The van der Waals surface area contributed by atoms with Crippen LogP contribution in [0, 0.1) is 6.92 Å². The van der Waals surface area contributed by atoms with Gasteiger partial charge in [0.25, 0.3) is 0 Å². The molecule has 0 saturated heterocycles. The summed E-state index contributed by atoms with van der Waals surface area (Å²) < 4.78 is 0. The molecule has 0 amide bonds. The van der Waals surface area contributed by atoms with Gasteiger partial charge in [-0.2, -0.15) is 0 Å². The first kappa shape index (κ1) is 10.5. The van der Waals surface area contributed by atoms with Gasteiger partial charge in [0.2, 0.25) is 0 Å². The Hall–Kier alpha value is -1.97. The SMILES string of the molecule is Cc1cccc(N)c1NCCc1cnc[nH]1. The number of hydrogen-bond donors (Lipinski definition) is 3. The zero-order valence-corrected chi connectivity index (χ0v) is 9.33. The molecular formula is C12H16N4. The number of nitrogens with one attached hydrogen (secondary N) is 2. The third-order valence-corrected chi connectivity index (χ3v) is 2.56. The van der Waals surface area contributed by atoms with Crippen LogP contribution in [-0.2, 0) is 6.42 Å². The van der Waals surface area contributed by atoms with Crippen molar-refractivity contribution in [3.05, 3.63) is 42.0 Å². The van der Waals surface area contributed by atoms with Crippen molar-refractivity contribution in [2.24, 2.45) is 0 Å². The number of hydrogen-bond acceptors (Lipinski definition) is 3. The molecule has 0 saturated carbocycles. The molecule has 0 aliphatic rings. The maximum Gasteiger partial charge on any atom is 0.0921 e. The van der Waals surface area contributed by atoms with Gasteiger partial charge in [-0.15, -0.1) is 0 Å². The predicted molar refractivity (Wildman–Crippen MR) is 66.4 cm³/mol. The topological polar surface area (TPSA) is 66.7 Å². The third kappa shape index (κ3) is 2.34. The van der Waals surface area contributed by atoms with Gasteiger partial charge in [0.15, 0.2) is 0 Å².